The van der Waals surface area contributed by atoms with E-state index in [4.69, 9.17) is 4.98 Å². The van der Waals surface area contributed by atoms with Crippen LogP contribution >= 0.6 is 0 Å². The maximum Gasteiger partial charge on any atom is 0.254 e. The Bertz CT molecular complexity index is 1090. The minimum absolute atomic E-state index is 0.0662. The number of fused-ring (bicyclic) bond motifs is 1. The fraction of sp³-hybridized carbons (Fsp3) is 0.577. The van der Waals surface area contributed by atoms with E-state index in [2.05, 4.69) is 6.92 Å². The lowest BCUT2D eigenvalue weighted by Crippen LogP contribution is -2.53. The Labute approximate surface area is 199 Å². The van der Waals surface area contributed by atoms with Gasteiger partial charge in [0.1, 0.15) is 17.6 Å². The topological polar surface area (TPSA) is 78.7 Å². The van der Waals surface area contributed by atoms with Crippen molar-refractivity contribution in [2.75, 3.05) is 26.2 Å². The van der Waals surface area contributed by atoms with Crippen LogP contribution in [0, 0.1) is 5.41 Å². The second-order valence-corrected chi connectivity index (χ2v) is 10.4. The average molecular weight is 469 g/mol. The Morgan fingerprint density at radius 2 is 1.76 bits per heavy atom. The van der Waals surface area contributed by atoms with E-state index in [1.165, 1.54) is 0 Å². The number of carbonyl (C=O) groups is 2. The Morgan fingerprint density at radius 3 is 2.38 bits per heavy atom. The van der Waals surface area contributed by atoms with Gasteiger partial charge in [-0.25, -0.2) is 9.37 Å². The maximum absolute atomic E-state index is 14.8. The van der Waals surface area contributed by atoms with Crippen molar-refractivity contribution in [1.82, 2.24) is 19.4 Å². The van der Waals surface area contributed by atoms with E-state index in [9.17, 15) is 19.1 Å². The molecular weight excluding hydrogens is 435 g/mol. The molecule has 2 amide bonds. The van der Waals surface area contributed by atoms with Gasteiger partial charge in [0.05, 0.1) is 12.2 Å². The van der Waals surface area contributed by atoms with Crippen molar-refractivity contribution in [3.63, 3.8) is 0 Å². The first kappa shape index (κ1) is 23.0. The molecule has 1 aliphatic carbocycles. The third kappa shape index (κ3) is 4.13. The third-order valence-corrected chi connectivity index (χ3v) is 7.76. The first-order chi connectivity index (χ1) is 16.2. The summed E-state index contributed by atoms with van der Waals surface area (Å²) < 4.78 is 16.8. The molecule has 0 spiro atoms. The van der Waals surface area contributed by atoms with Crippen LogP contribution in [-0.4, -0.2) is 74.2 Å². The van der Waals surface area contributed by atoms with Crippen molar-refractivity contribution >= 4 is 11.8 Å². The fourth-order valence-electron chi connectivity index (χ4n) is 5.28. The summed E-state index contributed by atoms with van der Waals surface area (Å²) in [4.78, 5) is 33.5. The molecule has 7 nitrogen and oxygen atoms in total. The molecule has 1 aromatic heterocycles. The molecule has 1 saturated heterocycles. The van der Waals surface area contributed by atoms with Crippen molar-refractivity contribution in [3.8, 4) is 11.3 Å². The molecule has 2 fully saturated rings. The highest BCUT2D eigenvalue weighted by Crippen LogP contribution is 2.39. The van der Waals surface area contributed by atoms with Crippen LogP contribution < -0.4 is 0 Å². The number of piperazine rings is 1. The summed E-state index contributed by atoms with van der Waals surface area (Å²) in [6.07, 6.45) is 4.51. The molecule has 1 N–H and O–H groups in total. The van der Waals surface area contributed by atoms with E-state index in [1.807, 2.05) is 29.8 Å². The van der Waals surface area contributed by atoms with E-state index in [0.717, 1.165) is 29.9 Å². The number of rotatable bonds is 5. The van der Waals surface area contributed by atoms with Crippen LogP contribution in [0.25, 0.3) is 11.3 Å². The van der Waals surface area contributed by atoms with Gasteiger partial charge in [-0.3, -0.25) is 9.59 Å². The van der Waals surface area contributed by atoms with Gasteiger partial charge in [-0.1, -0.05) is 32.4 Å². The molecule has 2 aliphatic heterocycles. The molecule has 3 heterocycles. The molecule has 1 saturated carbocycles. The Kier molecular flexibility index (Phi) is 5.74. The van der Waals surface area contributed by atoms with E-state index in [1.54, 1.807) is 21.9 Å². The van der Waals surface area contributed by atoms with Crippen LogP contribution in [-0.2, 0) is 17.8 Å². The van der Waals surface area contributed by atoms with Crippen LogP contribution in [0.2, 0.25) is 0 Å². The third-order valence-electron chi connectivity index (χ3n) is 7.76. The highest BCUT2D eigenvalue weighted by molar-refractivity contribution is 5.95. The number of nitrogens with zero attached hydrogens (tertiary/aromatic N) is 4. The molecule has 2 atom stereocenters. The first-order valence-electron chi connectivity index (χ1n) is 12.3. The summed E-state index contributed by atoms with van der Waals surface area (Å²) in [5.74, 6) is 0.646. The second kappa shape index (κ2) is 8.48. The van der Waals surface area contributed by atoms with Crippen molar-refractivity contribution in [2.45, 2.75) is 64.3 Å². The van der Waals surface area contributed by atoms with Gasteiger partial charge in [0.25, 0.3) is 11.8 Å². The normalized spacial score (nSPS) is 25.7. The zero-order valence-electron chi connectivity index (χ0n) is 20.0. The number of alkyl halides is 1. The molecule has 182 valence electrons. The molecule has 2 aromatic rings. The number of carbonyl (C=O) groups excluding carboxylic acids is 2. The van der Waals surface area contributed by atoms with Gasteiger partial charge in [0.2, 0.25) is 0 Å². The van der Waals surface area contributed by atoms with Crippen LogP contribution in [0.4, 0.5) is 4.39 Å². The maximum atomic E-state index is 14.8. The molecular formula is C26H33FN4O3. The lowest BCUT2D eigenvalue weighted by Gasteiger charge is -2.37. The summed E-state index contributed by atoms with van der Waals surface area (Å²) in [6, 6.07) is 7.39. The fourth-order valence-corrected chi connectivity index (χ4v) is 5.28. The van der Waals surface area contributed by atoms with Gasteiger partial charge in [0.15, 0.2) is 0 Å². The molecule has 8 heteroatoms. The van der Waals surface area contributed by atoms with Crippen molar-refractivity contribution in [1.29, 1.82) is 0 Å². The first-order valence-corrected chi connectivity index (χ1v) is 12.3. The van der Waals surface area contributed by atoms with Crippen molar-refractivity contribution in [2.24, 2.45) is 5.41 Å². The Balaban J connectivity index is 1.23. The van der Waals surface area contributed by atoms with Gasteiger partial charge in [-0.15, -0.1) is 0 Å². The van der Waals surface area contributed by atoms with E-state index in [0.29, 0.717) is 57.5 Å². The Hall–Kier alpha value is -2.74. The lowest BCUT2D eigenvalue weighted by atomic mass is 9.76. The molecule has 3 aliphatic rings. The quantitative estimate of drug-likeness (QED) is 0.732. The van der Waals surface area contributed by atoms with Crippen LogP contribution in [0.15, 0.2) is 30.5 Å². The predicted octanol–water partition coefficient (Wildman–Crippen LogP) is 3.06. The SMILES string of the molecule is CCCC1(C)Cc2nc(-c3ccc(C(=O)N4CCN(C(=O)C5(O)CC5)CC4)cc3)cn2CC1F. The van der Waals surface area contributed by atoms with Crippen LogP contribution in [0.1, 0.15) is 55.7 Å². The molecule has 5 rings (SSSR count). The highest BCUT2D eigenvalue weighted by Gasteiger charge is 2.50. The zero-order valence-corrected chi connectivity index (χ0v) is 20.0. The lowest BCUT2D eigenvalue weighted by molar-refractivity contribution is -0.143. The van der Waals surface area contributed by atoms with E-state index >= 15 is 0 Å². The molecule has 2 unspecified atom stereocenters. The standard InChI is InChI=1S/C26H33FN4O3/c1-3-8-25(2)15-22-28-20(16-31(22)17-21(25)27)18-4-6-19(7-5-18)23(32)29-11-13-30(14-12-29)24(33)26(34)9-10-26/h4-7,16,21,34H,3,8-15,17H2,1-2H3. The van der Waals surface area contributed by atoms with Crippen molar-refractivity contribution in [3.05, 3.63) is 41.9 Å². The Morgan fingerprint density at radius 1 is 1.12 bits per heavy atom. The summed E-state index contributed by atoms with van der Waals surface area (Å²) in [7, 11) is 0. The van der Waals surface area contributed by atoms with E-state index in [-0.39, 0.29) is 17.2 Å². The minimum atomic E-state index is -1.16. The second-order valence-electron chi connectivity index (χ2n) is 10.4. The van der Waals surface area contributed by atoms with Gasteiger partial charge in [-0.05, 0) is 31.4 Å². The summed E-state index contributed by atoms with van der Waals surface area (Å²) in [5.41, 5.74) is 0.766. The molecule has 0 bridgehead atoms. The monoisotopic (exact) mass is 468 g/mol. The minimum Gasteiger partial charge on any atom is -0.380 e. The molecule has 1 aromatic carbocycles. The highest BCUT2D eigenvalue weighted by atomic mass is 19.1. The zero-order chi connectivity index (χ0) is 24.1. The summed E-state index contributed by atoms with van der Waals surface area (Å²) >= 11 is 0. The molecule has 0 radical (unpaired) electrons. The number of hydrogen-bond donors (Lipinski definition) is 1. The van der Waals surface area contributed by atoms with Crippen LogP contribution in [0.5, 0.6) is 0 Å². The van der Waals surface area contributed by atoms with Gasteiger partial charge in [-0.2, -0.15) is 0 Å². The number of aliphatic hydroxyl groups is 1. The number of amides is 2. The van der Waals surface area contributed by atoms with Crippen LogP contribution in [0.3, 0.4) is 0 Å². The van der Waals surface area contributed by atoms with E-state index < -0.39 is 11.8 Å². The molecule has 34 heavy (non-hydrogen) atoms. The van der Waals surface area contributed by atoms with Gasteiger partial charge >= 0.3 is 0 Å². The summed E-state index contributed by atoms with van der Waals surface area (Å²) in [5, 5.41) is 10.0. The summed E-state index contributed by atoms with van der Waals surface area (Å²) in [6.45, 7) is 6.24. The van der Waals surface area contributed by atoms with Gasteiger partial charge < -0.3 is 19.5 Å². The number of benzene rings is 1. The number of halogens is 1. The predicted molar refractivity (Wildman–Crippen MR) is 126 cm³/mol. The van der Waals surface area contributed by atoms with Crippen molar-refractivity contribution < 1.29 is 19.1 Å². The number of hydrogen-bond acceptors (Lipinski definition) is 4. The largest absolute Gasteiger partial charge is 0.380 e. The number of imidazole rings is 1. The number of aromatic nitrogens is 2. The smallest absolute Gasteiger partial charge is 0.254 e. The van der Waals surface area contributed by atoms with Gasteiger partial charge in [0, 0.05) is 55.3 Å². The average Bonchev–Trinajstić information content (AvgIpc) is 3.47.